The van der Waals surface area contributed by atoms with Gasteiger partial charge in [0.25, 0.3) is 5.56 Å². The zero-order chi connectivity index (χ0) is 26.2. The van der Waals surface area contributed by atoms with Crippen LogP contribution in [0.2, 0.25) is 5.02 Å². The third-order valence-corrected chi connectivity index (χ3v) is 7.55. The molecule has 1 amide bonds. The molecule has 2 aromatic heterocycles. The fraction of sp³-hybridized carbons (Fsp3) is 0.370. The Hall–Kier alpha value is -3.17. The lowest BCUT2D eigenvalue weighted by Gasteiger charge is -2.08. The molecule has 0 spiro atoms. The summed E-state index contributed by atoms with van der Waals surface area (Å²) in [6, 6.07) is 14.7. The van der Waals surface area contributed by atoms with Gasteiger partial charge in [0.15, 0.2) is 5.16 Å². The summed E-state index contributed by atoms with van der Waals surface area (Å²) in [5, 5.41) is 19.2. The number of hydrogen-bond donors (Lipinski definition) is 1. The maximum absolute atomic E-state index is 12.4. The number of fused-ring (bicyclic) bond motifs is 1. The Morgan fingerprint density at radius 3 is 2.43 bits per heavy atom. The predicted molar refractivity (Wildman–Crippen MR) is 149 cm³/mol. The second-order valence-corrected chi connectivity index (χ2v) is 10.5. The van der Waals surface area contributed by atoms with E-state index in [0.29, 0.717) is 23.3 Å². The summed E-state index contributed by atoms with van der Waals surface area (Å²) in [6.45, 7) is 0. The Morgan fingerprint density at radius 1 is 0.946 bits per heavy atom. The number of amides is 1. The summed E-state index contributed by atoms with van der Waals surface area (Å²) < 4.78 is 3.39. The zero-order valence-electron chi connectivity index (χ0n) is 21.1. The van der Waals surface area contributed by atoms with Crippen molar-refractivity contribution >= 4 is 45.7 Å². The van der Waals surface area contributed by atoms with Crippen molar-refractivity contribution in [1.82, 2.24) is 24.5 Å². The number of aromatic nitrogens is 5. The Bertz CT molecular complexity index is 1420. The van der Waals surface area contributed by atoms with Crippen LogP contribution in [0, 0.1) is 0 Å². The second-order valence-electron chi connectivity index (χ2n) is 8.98. The number of carbonyl (C=O) groups excluding carboxylic acids is 1. The highest BCUT2D eigenvalue weighted by Crippen LogP contribution is 2.21. The van der Waals surface area contributed by atoms with Crippen molar-refractivity contribution in [3.8, 4) is 0 Å². The standard InChI is InChI=1S/C27H31ClN6O2S/c1-33-24(18-23-21-10-7-8-11-22(21)26(36)34(2)32-23)30-31-27(33)37-17-9-5-3-4-6-12-25(35)29-20-15-13-19(28)14-16-20/h7-8,10-11,13-16H,3-6,9,12,17-18H2,1-2H3,(H,29,35). The van der Waals surface area contributed by atoms with Crippen molar-refractivity contribution in [2.45, 2.75) is 50.1 Å². The predicted octanol–water partition coefficient (Wildman–Crippen LogP) is 5.38. The Kier molecular flexibility index (Phi) is 9.35. The number of rotatable bonds is 12. The summed E-state index contributed by atoms with van der Waals surface area (Å²) in [7, 11) is 3.64. The molecule has 0 fully saturated rings. The molecule has 4 aromatic rings. The summed E-state index contributed by atoms with van der Waals surface area (Å²) in [4.78, 5) is 24.4. The monoisotopic (exact) mass is 538 g/mol. The summed E-state index contributed by atoms with van der Waals surface area (Å²) >= 11 is 7.57. The second kappa shape index (κ2) is 12.9. The van der Waals surface area contributed by atoms with Gasteiger partial charge < -0.3 is 9.88 Å². The highest BCUT2D eigenvalue weighted by Gasteiger charge is 2.14. The van der Waals surface area contributed by atoms with Crippen molar-refractivity contribution in [2.75, 3.05) is 11.1 Å². The van der Waals surface area contributed by atoms with Gasteiger partial charge >= 0.3 is 0 Å². The number of hydrogen-bond acceptors (Lipinski definition) is 6. The molecule has 0 radical (unpaired) electrons. The van der Waals surface area contributed by atoms with Gasteiger partial charge in [-0.15, -0.1) is 10.2 Å². The molecule has 0 bridgehead atoms. The maximum atomic E-state index is 12.4. The smallest absolute Gasteiger partial charge is 0.274 e. The van der Waals surface area contributed by atoms with Gasteiger partial charge in [-0.1, -0.05) is 60.8 Å². The van der Waals surface area contributed by atoms with E-state index in [1.54, 1.807) is 30.9 Å². The van der Waals surface area contributed by atoms with E-state index in [9.17, 15) is 9.59 Å². The molecule has 0 unspecified atom stereocenters. The molecule has 10 heteroatoms. The molecule has 8 nitrogen and oxygen atoms in total. The number of nitrogens with zero attached hydrogens (tertiary/aromatic N) is 5. The number of aryl methyl sites for hydroxylation is 1. The molecule has 194 valence electrons. The number of nitrogens with one attached hydrogen (secondary N) is 1. The van der Waals surface area contributed by atoms with Crippen LogP contribution in [-0.4, -0.2) is 36.2 Å². The minimum atomic E-state index is -0.102. The molecule has 0 aliphatic rings. The number of halogens is 1. The third kappa shape index (κ3) is 7.20. The molecule has 2 heterocycles. The van der Waals surface area contributed by atoms with E-state index in [-0.39, 0.29) is 11.5 Å². The Morgan fingerprint density at radius 2 is 1.65 bits per heavy atom. The minimum absolute atomic E-state index is 0.0388. The minimum Gasteiger partial charge on any atom is -0.326 e. The fourth-order valence-corrected chi connectivity index (χ4v) is 5.17. The van der Waals surface area contributed by atoms with E-state index in [2.05, 4.69) is 20.6 Å². The summed E-state index contributed by atoms with van der Waals surface area (Å²) in [5.74, 6) is 1.82. The fourth-order valence-electron chi connectivity index (χ4n) is 4.12. The Balaban J connectivity index is 1.17. The van der Waals surface area contributed by atoms with Crippen molar-refractivity contribution in [1.29, 1.82) is 0 Å². The van der Waals surface area contributed by atoms with Crippen LogP contribution in [0.15, 0.2) is 58.5 Å². The normalized spacial score (nSPS) is 11.2. The van der Waals surface area contributed by atoms with Crippen LogP contribution >= 0.6 is 23.4 Å². The Labute approximate surface area is 225 Å². The molecule has 37 heavy (non-hydrogen) atoms. The van der Waals surface area contributed by atoms with Crippen LogP contribution in [-0.2, 0) is 25.3 Å². The third-order valence-electron chi connectivity index (χ3n) is 6.19. The van der Waals surface area contributed by atoms with Crippen LogP contribution in [0.1, 0.15) is 50.0 Å². The van der Waals surface area contributed by atoms with Crippen molar-refractivity contribution in [2.24, 2.45) is 14.1 Å². The number of benzene rings is 2. The first kappa shape index (κ1) is 26.9. The highest BCUT2D eigenvalue weighted by molar-refractivity contribution is 7.99. The van der Waals surface area contributed by atoms with E-state index in [0.717, 1.165) is 65.6 Å². The van der Waals surface area contributed by atoms with Crippen molar-refractivity contribution in [3.05, 3.63) is 75.4 Å². The summed E-state index contributed by atoms with van der Waals surface area (Å²) in [6.07, 6.45) is 6.25. The lowest BCUT2D eigenvalue weighted by molar-refractivity contribution is -0.116. The average Bonchev–Trinajstić information content (AvgIpc) is 3.24. The van der Waals surface area contributed by atoms with Gasteiger partial charge in [0.05, 0.1) is 17.5 Å². The van der Waals surface area contributed by atoms with Crippen LogP contribution in [0.25, 0.3) is 10.8 Å². The van der Waals surface area contributed by atoms with Gasteiger partial charge in [0.1, 0.15) is 5.82 Å². The van der Waals surface area contributed by atoms with Crippen LogP contribution < -0.4 is 10.9 Å². The largest absolute Gasteiger partial charge is 0.326 e. The van der Waals surface area contributed by atoms with E-state index in [1.165, 1.54) is 4.68 Å². The first-order valence-corrected chi connectivity index (χ1v) is 13.8. The molecule has 0 aliphatic heterocycles. The zero-order valence-corrected chi connectivity index (χ0v) is 22.7. The van der Waals surface area contributed by atoms with Crippen LogP contribution in [0.4, 0.5) is 5.69 Å². The molecular formula is C27H31ClN6O2S. The molecular weight excluding hydrogens is 508 g/mol. The van der Waals surface area contributed by atoms with E-state index in [1.807, 2.05) is 48.0 Å². The molecule has 0 saturated carbocycles. The number of unbranched alkanes of at least 4 members (excludes halogenated alkanes) is 4. The van der Waals surface area contributed by atoms with Gasteiger partial charge in [-0.05, 0) is 43.2 Å². The van der Waals surface area contributed by atoms with E-state index < -0.39 is 0 Å². The van der Waals surface area contributed by atoms with Crippen molar-refractivity contribution in [3.63, 3.8) is 0 Å². The number of anilines is 1. The van der Waals surface area contributed by atoms with Crippen LogP contribution in [0.3, 0.4) is 0 Å². The molecule has 0 atom stereocenters. The first-order valence-electron chi connectivity index (χ1n) is 12.4. The lowest BCUT2D eigenvalue weighted by atomic mass is 10.1. The van der Waals surface area contributed by atoms with Gasteiger partial charge in [0, 0.05) is 42.4 Å². The highest BCUT2D eigenvalue weighted by atomic mass is 35.5. The topological polar surface area (TPSA) is 94.7 Å². The molecule has 2 aromatic carbocycles. The van der Waals surface area contributed by atoms with Gasteiger partial charge in [0.2, 0.25) is 5.91 Å². The average molecular weight is 539 g/mol. The molecule has 0 saturated heterocycles. The number of carbonyl (C=O) groups is 1. The molecule has 4 rings (SSSR count). The summed E-state index contributed by atoms with van der Waals surface area (Å²) in [5.41, 5.74) is 1.48. The number of thioether (sulfide) groups is 1. The van der Waals surface area contributed by atoms with Gasteiger partial charge in [-0.2, -0.15) is 5.10 Å². The SMILES string of the molecule is Cn1c(Cc2nn(C)c(=O)c3ccccc23)nnc1SCCCCCCCC(=O)Nc1ccc(Cl)cc1. The van der Waals surface area contributed by atoms with Gasteiger partial charge in [-0.25, -0.2) is 4.68 Å². The molecule has 1 N–H and O–H groups in total. The maximum Gasteiger partial charge on any atom is 0.274 e. The lowest BCUT2D eigenvalue weighted by Crippen LogP contribution is -2.21. The van der Waals surface area contributed by atoms with Gasteiger partial charge in [-0.3, -0.25) is 9.59 Å². The van der Waals surface area contributed by atoms with E-state index >= 15 is 0 Å². The first-order chi connectivity index (χ1) is 17.9. The van der Waals surface area contributed by atoms with Crippen LogP contribution in [0.5, 0.6) is 0 Å². The quantitative estimate of drug-likeness (QED) is 0.192. The van der Waals surface area contributed by atoms with Crippen molar-refractivity contribution < 1.29 is 4.79 Å². The molecule has 0 aliphatic carbocycles. The van der Waals surface area contributed by atoms with E-state index in [4.69, 9.17) is 11.6 Å².